The first kappa shape index (κ1) is 47.4. The Hall–Kier alpha value is -1.67. The molecule has 1 saturated carbocycles. The number of rotatable bonds is 30. The van der Waals surface area contributed by atoms with Crippen molar-refractivity contribution in [1.82, 2.24) is 0 Å². The summed E-state index contributed by atoms with van der Waals surface area (Å²) in [5.41, 5.74) is 0. The molecule has 6 unspecified atom stereocenters. The Bertz CT molecular complexity index is 1010. The Labute approximate surface area is 305 Å². The van der Waals surface area contributed by atoms with Crippen LogP contribution in [0.15, 0.2) is 24.3 Å². The zero-order valence-electron chi connectivity index (χ0n) is 30.9. The lowest BCUT2D eigenvalue weighted by atomic mass is 9.85. The molecule has 51 heavy (non-hydrogen) atoms. The number of ether oxygens (including phenoxy) is 2. The van der Waals surface area contributed by atoms with Crippen molar-refractivity contribution >= 4 is 19.8 Å². The Morgan fingerprint density at radius 3 is 1.59 bits per heavy atom. The molecule has 0 aliphatic heterocycles. The topological polar surface area (TPSA) is 210 Å². The summed E-state index contributed by atoms with van der Waals surface area (Å²) in [5.74, 6) is -1.29. The van der Waals surface area contributed by atoms with Crippen molar-refractivity contribution in [3.05, 3.63) is 24.3 Å². The van der Waals surface area contributed by atoms with Crippen molar-refractivity contribution in [2.45, 2.75) is 185 Å². The second-order valence-electron chi connectivity index (χ2n) is 13.5. The molecular formula is C37H67O13P. The van der Waals surface area contributed by atoms with Gasteiger partial charge >= 0.3 is 19.8 Å². The van der Waals surface area contributed by atoms with Crippen LogP contribution in [0.3, 0.4) is 0 Å². The highest BCUT2D eigenvalue weighted by Gasteiger charge is 2.51. The van der Waals surface area contributed by atoms with E-state index in [0.29, 0.717) is 6.42 Å². The number of carbonyl (C=O) groups is 2. The molecule has 0 amide bonds. The van der Waals surface area contributed by atoms with Crippen molar-refractivity contribution in [2.75, 3.05) is 13.2 Å². The van der Waals surface area contributed by atoms with Crippen LogP contribution in [-0.2, 0) is 32.7 Å². The average Bonchev–Trinajstić information content (AvgIpc) is 3.09. The highest BCUT2D eigenvalue weighted by atomic mass is 31.2. The molecule has 298 valence electrons. The van der Waals surface area contributed by atoms with Gasteiger partial charge in [0.1, 0.15) is 43.2 Å². The lowest BCUT2D eigenvalue weighted by molar-refractivity contribution is -0.220. The molecule has 0 aromatic carbocycles. The van der Waals surface area contributed by atoms with Crippen LogP contribution in [0.2, 0.25) is 0 Å². The molecule has 1 aliphatic rings. The predicted octanol–water partition coefficient (Wildman–Crippen LogP) is 5.72. The Kier molecular flexibility index (Phi) is 26.7. The van der Waals surface area contributed by atoms with Gasteiger partial charge in [-0.25, -0.2) is 4.57 Å². The molecule has 0 radical (unpaired) electrons. The average molecular weight is 751 g/mol. The fourth-order valence-electron chi connectivity index (χ4n) is 5.75. The largest absolute Gasteiger partial charge is 0.472 e. The van der Waals surface area contributed by atoms with Gasteiger partial charge in [-0.15, -0.1) is 0 Å². The number of esters is 2. The van der Waals surface area contributed by atoms with Crippen LogP contribution in [0, 0.1) is 0 Å². The lowest BCUT2D eigenvalue weighted by Gasteiger charge is -2.41. The van der Waals surface area contributed by atoms with Crippen LogP contribution in [0.1, 0.15) is 142 Å². The molecule has 1 fully saturated rings. The second kappa shape index (κ2) is 28.8. The minimum atomic E-state index is -5.07. The summed E-state index contributed by atoms with van der Waals surface area (Å²) in [6.45, 7) is 2.17. The molecule has 14 heteroatoms. The van der Waals surface area contributed by atoms with Gasteiger partial charge in [0.2, 0.25) is 0 Å². The third-order valence-electron chi connectivity index (χ3n) is 8.85. The van der Waals surface area contributed by atoms with E-state index in [1.54, 1.807) is 0 Å². The van der Waals surface area contributed by atoms with Gasteiger partial charge < -0.3 is 39.9 Å². The van der Waals surface area contributed by atoms with Crippen LogP contribution in [0.25, 0.3) is 0 Å². The summed E-state index contributed by atoms with van der Waals surface area (Å²) in [4.78, 5) is 33.8. The van der Waals surface area contributed by atoms with Crippen LogP contribution >= 0.6 is 7.82 Å². The minimum Gasteiger partial charge on any atom is -0.462 e. The third kappa shape index (κ3) is 22.9. The number of phosphoric acid groups is 1. The quantitative estimate of drug-likeness (QED) is 0.0225. The van der Waals surface area contributed by atoms with E-state index >= 15 is 0 Å². The van der Waals surface area contributed by atoms with E-state index in [0.717, 1.165) is 45.4 Å². The summed E-state index contributed by atoms with van der Waals surface area (Å²) >= 11 is 0. The minimum absolute atomic E-state index is 0.0908. The molecule has 0 aromatic rings. The zero-order chi connectivity index (χ0) is 37.9. The predicted molar refractivity (Wildman–Crippen MR) is 193 cm³/mol. The van der Waals surface area contributed by atoms with E-state index in [9.17, 15) is 44.6 Å². The third-order valence-corrected chi connectivity index (χ3v) is 9.84. The number of unbranched alkanes of at least 4 members (excludes halogenated alkanes) is 16. The molecule has 6 atom stereocenters. The number of hydrogen-bond donors (Lipinski definition) is 6. The zero-order valence-corrected chi connectivity index (χ0v) is 31.8. The molecule has 1 rings (SSSR count). The molecule has 13 nitrogen and oxygen atoms in total. The lowest BCUT2D eigenvalue weighted by Crippen LogP contribution is -2.64. The number of carbonyl (C=O) groups excluding carboxylic acids is 2. The van der Waals surface area contributed by atoms with Gasteiger partial charge in [0.15, 0.2) is 6.10 Å². The molecule has 0 spiro atoms. The maximum Gasteiger partial charge on any atom is 0.472 e. The first-order chi connectivity index (χ1) is 24.4. The van der Waals surface area contributed by atoms with Gasteiger partial charge in [0, 0.05) is 13.3 Å². The highest BCUT2D eigenvalue weighted by molar-refractivity contribution is 7.47. The van der Waals surface area contributed by atoms with Gasteiger partial charge in [-0.2, -0.15) is 0 Å². The van der Waals surface area contributed by atoms with E-state index in [2.05, 4.69) is 31.2 Å². The van der Waals surface area contributed by atoms with Gasteiger partial charge in [-0.1, -0.05) is 115 Å². The molecule has 1 aliphatic carbocycles. The van der Waals surface area contributed by atoms with Crippen LogP contribution in [-0.4, -0.2) is 98.3 Å². The van der Waals surface area contributed by atoms with Crippen molar-refractivity contribution in [1.29, 1.82) is 0 Å². The van der Waals surface area contributed by atoms with Gasteiger partial charge in [-0.05, 0) is 38.5 Å². The molecular weight excluding hydrogens is 683 g/mol. The SMILES string of the molecule is CCCCCCC/C=C\C/C=C\CCCCCCCCCCCCCC(=O)OC(COC(C)=O)COP(=O)(O)OC1C(O)C(O)C(O)C(O)C1O. The number of hydrogen-bond acceptors (Lipinski definition) is 12. The fraction of sp³-hybridized carbons (Fsp3) is 0.838. The first-order valence-corrected chi connectivity index (χ1v) is 20.6. The fourth-order valence-corrected chi connectivity index (χ4v) is 6.72. The van der Waals surface area contributed by atoms with Crippen LogP contribution < -0.4 is 0 Å². The number of aliphatic hydroxyl groups is 5. The number of aliphatic hydroxyl groups excluding tert-OH is 5. The molecule has 6 N–H and O–H groups in total. The summed E-state index contributed by atoms with van der Waals surface area (Å²) in [6.07, 6.45) is 18.3. The van der Waals surface area contributed by atoms with Crippen molar-refractivity contribution < 1.29 is 63.1 Å². The maximum absolute atomic E-state index is 12.5. The molecule has 0 aromatic heterocycles. The Morgan fingerprint density at radius 1 is 0.647 bits per heavy atom. The Morgan fingerprint density at radius 2 is 1.10 bits per heavy atom. The van der Waals surface area contributed by atoms with E-state index in [4.69, 9.17) is 18.5 Å². The maximum atomic E-state index is 12.5. The second-order valence-corrected chi connectivity index (χ2v) is 14.9. The highest BCUT2D eigenvalue weighted by Crippen LogP contribution is 2.47. The van der Waals surface area contributed by atoms with Crippen LogP contribution in [0.5, 0.6) is 0 Å². The summed E-state index contributed by atoms with van der Waals surface area (Å²) in [5, 5.41) is 49.4. The van der Waals surface area contributed by atoms with E-state index in [1.165, 1.54) is 77.0 Å². The summed E-state index contributed by atoms with van der Waals surface area (Å²) < 4.78 is 32.2. The summed E-state index contributed by atoms with van der Waals surface area (Å²) in [7, 11) is -5.07. The molecule has 0 saturated heterocycles. The Balaban J connectivity index is 2.15. The van der Waals surface area contributed by atoms with E-state index in [-0.39, 0.29) is 6.42 Å². The van der Waals surface area contributed by atoms with Gasteiger partial charge in [-0.3, -0.25) is 18.6 Å². The standard InChI is InChI=1S/C37H67O13P/c1-3-4-5-6-7-8-9-10-11-12-13-14-15-16-17-18-19-20-21-22-23-24-25-26-31(39)49-30(27-47-29(2)38)28-48-51(45,46)50-37-35(43)33(41)32(40)34(42)36(37)44/h9-10,12-13,30,32-37,40-44H,3-8,11,14-28H2,1-2H3,(H,45,46)/b10-9-,13-12-. The van der Waals surface area contributed by atoms with Crippen molar-refractivity contribution in [2.24, 2.45) is 0 Å². The van der Waals surface area contributed by atoms with Gasteiger partial charge in [0.25, 0.3) is 0 Å². The molecule has 0 bridgehead atoms. The van der Waals surface area contributed by atoms with Crippen LogP contribution in [0.4, 0.5) is 0 Å². The monoisotopic (exact) mass is 750 g/mol. The smallest absolute Gasteiger partial charge is 0.462 e. The normalized spacial score (nSPS) is 24.2. The molecule has 0 heterocycles. The summed E-state index contributed by atoms with van der Waals surface area (Å²) in [6, 6.07) is 0. The van der Waals surface area contributed by atoms with E-state index in [1.807, 2.05) is 0 Å². The number of allylic oxidation sites excluding steroid dienone is 4. The van der Waals surface area contributed by atoms with E-state index < -0.39 is 75.7 Å². The first-order valence-electron chi connectivity index (χ1n) is 19.1. The number of phosphoric ester groups is 1. The van der Waals surface area contributed by atoms with Crippen molar-refractivity contribution in [3.8, 4) is 0 Å². The van der Waals surface area contributed by atoms with Crippen molar-refractivity contribution in [3.63, 3.8) is 0 Å². The van der Waals surface area contributed by atoms with Gasteiger partial charge in [0.05, 0.1) is 6.61 Å².